The van der Waals surface area contributed by atoms with Crippen LogP contribution in [0.2, 0.25) is 0 Å². The van der Waals surface area contributed by atoms with Crippen molar-refractivity contribution >= 4 is 11.6 Å². The Morgan fingerprint density at radius 1 is 1.25 bits per heavy atom. The smallest absolute Gasteiger partial charge is 0.273 e. The Bertz CT molecular complexity index is 374. The largest absolute Gasteiger partial charge is 0.544 e. The number of hydroxylamine groups is 1. The first-order chi connectivity index (χ1) is 7.29. The van der Waals surface area contributed by atoms with Crippen LogP contribution in [0.25, 0.3) is 0 Å². The van der Waals surface area contributed by atoms with E-state index in [1.54, 1.807) is 0 Å². The minimum absolute atomic E-state index is 0.0411. The summed E-state index contributed by atoms with van der Waals surface area (Å²) in [7, 11) is 0. The van der Waals surface area contributed by atoms with E-state index in [0.29, 0.717) is 0 Å². The third-order valence-corrected chi connectivity index (χ3v) is 1.54. The molecule has 0 aliphatic carbocycles. The lowest BCUT2D eigenvalue weighted by Gasteiger charge is -2.20. The molecule has 0 atom stereocenters. The minimum atomic E-state index is -4.99. The zero-order chi connectivity index (χ0) is 12.3. The predicted molar refractivity (Wildman–Crippen MR) is 46.7 cm³/mol. The van der Waals surface area contributed by atoms with Crippen LogP contribution in [-0.4, -0.2) is 12.3 Å². The second-order valence-corrected chi connectivity index (χ2v) is 2.83. The SMILES string of the molecule is CC(=O)N(OC(F)(F)F)c1ccc(F)cc1. The van der Waals surface area contributed by atoms with Gasteiger partial charge in [-0.25, -0.2) is 4.39 Å². The van der Waals surface area contributed by atoms with Gasteiger partial charge in [-0.05, 0) is 24.3 Å². The van der Waals surface area contributed by atoms with E-state index in [4.69, 9.17) is 0 Å². The highest BCUT2D eigenvalue weighted by atomic mass is 19.4. The van der Waals surface area contributed by atoms with Crippen molar-refractivity contribution in [3.05, 3.63) is 30.1 Å². The molecular weight excluding hydrogens is 230 g/mol. The van der Waals surface area contributed by atoms with E-state index in [0.717, 1.165) is 31.2 Å². The molecule has 7 heteroatoms. The second kappa shape index (κ2) is 4.48. The summed E-state index contributed by atoms with van der Waals surface area (Å²) in [6.07, 6.45) is -4.99. The van der Waals surface area contributed by atoms with E-state index in [-0.39, 0.29) is 10.8 Å². The number of nitrogens with zero attached hydrogens (tertiary/aromatic N) is 1. The number of hydrogen-bond donors (Lipinski definition) is 0. The van der Waals surface area contributed by atoms with Gasteiger partial charge in [0.15, 0.2) is 0 Å². The predicted octanol–water partition coefficient (Wildman–Crippen LogP) is 2.63. The first-order valence-electron chi connectivity index (χ1n) is 4.12. The fraction of sp³-hybridized carbons (Fsp3) is 0.222. The topological polar surface area (TPSA) is 29.5 Å². The first-order valence-corrected chi connectivity index (χ1v) is 4.12. The zero-order valence-electron chi connectivity index (χ0n) is 8.08. The molecule has 1 rings (SSSR count). The lowest BCUT2D eigenvalue weighted by atomic mass is 10.3. The van der Waals surface area contributed by atoms with Crippen LogP contribution in [0, 0.1) is 5.82 Å². The summed E-state index contributed by atoms with van der Waals surface area (Å²) < 4.78 is 48.3. The summed E-state index contributed by atoms with van der Waals surface area (Å²) >= 11 is 0. The summed E-state index contributed by atoms with van der Waals surface area (Å²) in [5, 5.41) is 0.0411. The Balaban J connectivity index is 2.94. The van der Waals surface area contributed by atoms with Crippen LogP contribution >= 0.6 is 0 Å². The van der Waals surface area contributed by atoms with Gasteiger partial charge in [-0.3, -0.25) is 4.79 Å². The van der Waals surface area contributed by atoms with Crippen LogP contribution in [0.1, 0.15) is 6.92 Å². The van der Waals surface area contributed by atoms with Crippen LogP contribution in [0.5, 0.6) is 0 Å². The van der Waals surface area contributed by atoms with Crippen LogP contribution in [0.15, 0.2) is 24.3 Å². The summed E-state index contributed by atoms with van der Waals surface area (Å²) in [4.78, 5) is 14.4. The quantitative estimate of drug-likeness (QED) is 0.584. The average Bonchev–Trinajstić information content (AvgIpc) is 2.14. The van der Waals surface area contributed by atoms with Gasteiger partial charge < -0.3 is 0 Å². The van der Waals surface area contributed by atoms with E-state index in [9.17, 15) is 22.4 Å². The van der Waals surface area contributed by atoms with E-state index in [1.807, 2.05) is 0 Å². The maximum absolute atomic E-state index is 12.5. The van der Waals surface area contributed by atoms with Crippen LogP contribution < -0.4 is 5.06 Å². The van der Waals surface area contributed by atoms with Crippen molar-refractivity contribution in [2.75, 3.05) is 5.06 Å². The molecule has 88 valence electrons. The van der Waals surface area contributed by atoms with Crippen molar-refractivity contribution in [3.8, 4) is 0 Å². The molecular formula is C9H7F4NO2. The Labute approximate surface area is 88.2 Å². The Morgan fingerprint density at radius 2 is 1.75 bits per heavy atom. The van der Waals surface area contributed by atoms with E-state index >= 15 is 0 Å². The zero-order valence-corrected chi connectivity index (χ0v) is 8.08. The normalized spacial score (nSPS) is 11.3. The first kappa shape index (κ1) is 12.4. The number of carbonyl (C=O) groups is 1. The lowest BCUT2D eigenvalue weighted by Crippen LogP contribution is -2.35. The molecule has 0 saturated heterocycles. The monoisotopic (exact) mass is 237 g/mol. The van der Waals surface area contributed by atoms with Crippen molar-refractivity contribution in [2.24, 2.45) is 0 Å². The Kier molecular flexibility index (Phi) is 3.48. The molecule has 0 aliphatic heterocycles. The van der Waals surface area contributed by atoms with Gasteiger partial charge in [0.2, 0.25) is 5.91 Å². The number of benzene rings is 1. The van der Waals surface area contributed by atoms with Crippen LogP contribution in [-0.2, 0) is 9.63 Å². The summed E-state index contributed by atoms with van der Waals surface area (Å²) in [5.74, 6) is -1.59. The highest BCUT2D eigenvalue weighted by Crippen LogP contribution is 2.23. The van der Waals surface area contributed by atoms with E-state index in [2.05, 4.69) is 4.84 Å². The average molecular weight is 237 g/mol. The number of anilines is 1. The fourth-order valence-electron chi connectivity index (χ4n) is 0.979. The molecule has 0 unspecified atom stereocenters. The molecule has 0 spiro atoms. The molecule has 3 nitrogen and oxygen atoms in total. The maximum Gasteiger partial charge on any atom is 0.544 e. The Hall–Kier alpha value is -1.63. The lowest BCUT2D eigenvalue weighted by molar-refractivity contribution is -0.327. The molecule has 0 fully saturated rings. The van der Waals surface area contributed by atoms with E-state index < -0.39 is 18.1 Å². The summed E-state index contributed by atoms with van der Waals surface area (Å²) in [6, 6.07) is 3.85. The van der Waals surface area contributed by atoms with Crippen LogP contribution in [0.3, 0.4) is 0 Å². The molecule has 1 aromatic carbocycles. The number of halogens is 4. The van der Waals surface area contributed by atoms with Crippen molar-refractivity contribution in [1.82, 2.24) is 0 Å². The van der Waals surface area contributed by atoms with Gasteiger partial charge in [-0.2, -0.15) is 9.90 Å². The molecule has 0 radical (unpaired) electrons. The summed E-state index contributed by atoms with van der Waals surface area (Å²) in [6.45, 7) is 0.898. The molecule has 16 heavy (non-hydrogen) atoms. The van der Waals surface area contributed by atoms with Gasteiger partial charge >= 0.3 is 6.36 Å². The second-order valence-electron chi connectivity index (χ2n) is 2.83. The molecule has 0 bridgehead atoms. The summed E-state index contributed by atoms with van der Waals surface area (Å²) in [5.41, 5.74) is -0.203. The highest BCUT2D eigenvalue weighted by molar-refractivity contribution is 5.89. The van der Waals surface area contributed by atoms with Gasteiger partial charge in [-0.15, -0.1) is 13.2 Å². The molecule has 0 heterocycles. The van der Waals surface area contributed by atoms with Gasteiger partial charge in [0.05, 0.1) is 5.69 Å². The molecule has 0 saturated carbocycles. The van der Waals surface area contributed by atoms with Crippen molar-refractivity contribution < 1.29 is 27.2 Å². The molecule has 0 aromatic heterocycles. The van der Waals surface area contributed by atoms with E-state index in [1.165, 1.54) is 0 Å². The van der Waals surface area contributed by atoms with Crippen molar-refractivity contribution in [2.45, 2.75) is 13.3 Å². The van der Waals surface area contributed by atoms with Gasteiger partial charge in [0.1, 0.15) is 5.82 Å². The number of alkyl halides is 3. The van der Waals surface area contributed by atoms with Crippen molar-refractivity contribution in [1.29, 1.82) is 0 Å². The number of rotatable bonds is 2. The maximum atomic E-state index is 12.5. The number of hydrogen-bond acceptors (Lipinski definition) is 2. The number of amides is 1. The highest BCUT2D eigenvalue weighted by Gasteiger charge is 2.35. The Morgan fingerprint density at radius 3 is 2.12 bits per heavy atom. The molecule has 1 aromatic rings. The number of carbonyl (C=O) groups excluding carboxylic acids is 1. The molecule has 0 aliphatic rings. The van der Waals surface area contributed by atoms with Gasteiger partial charge in [0, 0.05) is 6.92 Å². The van der Waals surface area contributed by atoms with Gasteiger partial charge in [-0.1, -0.05) is 0 Å². The standard InChI is InChI=1S/C9H7F4NO2/c1-6(15)14(16-9(11,12)13)8-4-2-7(10)3-5-8/h2-5H,1H3. The third kappa shape index (κ3) is 3.50. The molecule has 1 amide bonds. The fourth-order valence-corrected chi connectivity index (χ4v) is 0.979. The van der Waals surface area contributed by atoms with Crippen LogP contribution in [0.4, 0.5) is 23.2 Å². The third-order valence-electron chi connectivity index (χ3n) is 1.54. The van der Waals surface area contributed by atoms with Crippen molar-refractivity contribution in [3.63, 3.8) is 0 Å². The minimum Gasteiger partial charge on any atom is -0.273 e. The molecule has 0 N–H and O–H groups in total. The van der Waals surface area contributed by atoms with Gasteiger partial charge in [0.25, 0.3) is 0 Å².